The van der Waals surface area contributed by atoms with Crippen molar-refractivity contribution in [1.29, 1.82) is 0 Å². The van der Waals surface area contributed by atoms with Gasteiger partial charge in [-0.1, -0.05) is 12.1 Å². The van der Waals surface area contributed by atoms with Crippen molar-refractivity contribution in [1.82, 2.24) is 5.32 Å². The quantitative estimate of drug-likeness (QED) is 0.917. The lowest BCUT2D eigenvalue weighted by Gasteiger charge is -2.24. The Morgan fingerprint density at radius 1 is 1.20 bits per heavy atom. The van der Waals surface area contributed by atoms with Gasteiger partial charge in [-0.05, 0) is 74.6 Å². The van der Waals surface area contributed by atoms with E-state index in [0.29, 0.717) is 6.10 Å². The van der Waals surface area contributed by atoms with Gasteiger partial charge >= 0.3 is 0 Å². The van der Waals surface area contributed by atoms with Crippen molar-refractivity contribution in [3.05, 3.63) is 29.8 Å². The SMILES string of the molecule is c1cc(CC2CCNCC2)cc(OC2CCCSC2)c1. The van der Waals surface area contributed by atoms with E-state index < -0.39 is 0 Å². The van der Waals surface area contributed by atoms with Crippen molar-refractivity contribution in [2.45, 2.75) is 38.2 Å². The number of benzene rings is 1. The van der Waals surface area contributed by atoms with Gasteiger partial charge in [-0.15, -0.1) is 0 Å². The maximum atomic E-state index is 6.15. The molecule has 0 aliphatic carbocycles. The average molecular weight is 291 g/mol. The van der Waals surface area contributed by atoms with Gasteiger partial charge in [-0.3, -0.25) is 0 Å². The smallest absolute Gasteiger partial charge is 0.120 e. The monoisotopic (exact) mass is 291 g/mol. The third-order valence-electron chi connectivity index (χ3n) is 4.30. The van der Waals surface area contributed by atoms with E-state index in [1.54, 1.807) is 0 Å². The number of thioether (sulfide) groups is 1. The van der Waals surface area contributed by atoms with Gasteiger partial charge in [0.05, 0.1) is 0 Å². The number of piperidine rings is 1. The molecule has 1 aromatic carbocycles. The number of hydrogen-bond acceptors (Lipinski definition) is 3. The summed E-state index contributed by atoms with van der Waals surface area (Å²) in [7, 11) is 0. The number of nitrogens with one attached hydrogen (secondary N) is 1. The molecule has 2 aliphatic rings. The molecule has 0 saturated carbocycles. The maximum Gasteiger partial charge on any atom is 0.120 e. The summed E-state index contributed by atoms with van der Waals surface area (Å²) in [6, 6.07) is 8.79. The van der Waals surface area contributed by atoms with Gasteiger partial charge in [-0.25, -0.2) is 0 Å². The van der Waals surface area contributed by atoms with Crippen molar-refractivity contribution in [2.75, 3.05) is 24.6 Å². The molecule has 0 radical (unpaired) electrons. The van der Waals surface area contributed by atoms with Crippen LogP contribution in [0.15, 0.2) is 24.3 Å². The van der Waals surface area contributed by atoms with E-state index in [1.807, 2.05) is 11.8 Å². The van der Waals surface area contributed by atoms with Gasteiger partial charge in [0.1, 0.15) is 11.9 Å². The molecule has 0 amide bonds. The first kappa shape index (κ1) is 14.3. The van der Waals surface area contributed by atoms with Crippen LogP contribution < -0.4 is 10.1 Å². The van der Waals surface area contributed by atoms with Crippen LogP contribution >= 0.6 is 11.8 Å². The zero-order valence-electron chi connectivity index (χ0n) is 12.1. The van der Waals surface area contributed by atoms with Gasteiger partial charge < -0.3 is 10.1 Å². The van der Waals surface area contributed by atoms with Crippen molar-refractivity contribution >= 4 is 11.8 Å². The summed E-state index contributed by atoms with van der Waals surface area (Å²) in [6.45, 7) is 2.36. The van der Waals surface area contributed by atoms with Gasteiger partial charge in [0, 0.05) is 5.75 Å². The van der Waals surface area contributed by atoms with Crippen molar-refractivity contribution in [3.63, 3.8) is 0 Å². The summed E-state index contributed by atoms with van der Waals surface area (Å²) in [5.74, 6) is 4.37. The minimum atomic E-state index is 0.419. The Kier molecular flexibility index (Phi) is 5.26. The summed E-state index contributed by atoms with van der Waals surface area (Å²) in [6.07, 6.45) is 6.76. The molecule has 2 aliphatic heterocycles. The molecule has 2 nitrogen and oxygen atoms in total. The van der Waals surface area contributed by atoms with Gasteiger partial charge in [0.15, 0.2) is 0 Å². The summed E-state index contributed by atoms with van der Waals surface area (Å²) < 4.78 is 6.15. The Morgan fingerprint density at radius 3 is 2.90 bits per heavy atom. The van der Waals surface area contributed by atoms with Crippen LogP contribution in [0.2, 0.25) is 0 Å². The fourth-order valence-electron chi connectivity index (χ4n) is 3.16. The number of hydrogen-bond donors (Lipinski definition) is 1. The minimum absolute atomic E-state index is 0.419. The lowest BCUT2D eigenvalue weighted by Crippen LogP contribution is -2.28. The molecule has 20 heavy (non-hydrogen) atoms. The predicted molar refractivity (Wildman–Crippen MR) is 86.7 cm³/mol. The molecule has 2 heterocycles. The van der Waals surface area contributed by atoms with Gasteiger partial charge in [-0.2, -0.15) is 11.8 Å². The van der Waals surface area contributed by atoms with Crippen LogP contribution in [-0.2, 0) is 6.42 Å². The first-order valence-electron chi connectivity index (χ1n) is 7.94. The van der Waals surface area contributed by atoms with E-state index >= 15 is 0 Å². The standard InChI is InChI=1S/C17H25NOS/c1-3-15(11-14-6-8-18-9-7-14)12-16(4-1)19-17-5-2-10-20-13-17/h1,3-4,12,14,17-18H,2,5-11,13H2. The average Bonchev–Trinajstić information content (AvgIpc) is 2.50. The molecule has 2 saturated heterocycles. The predicted octanol–water partition coefficient (Wildman–Crippen LogP) is 3.50. The third-order valence-corrected chi connectivity index (χ3v) is 5.49. The minimum Gasteiger partial charge on any atom is -0.490 e. The highest BCUT2D eigenvalue weighted by Crippen LogP contribution is 2.25. The fourth-order valence-corrected chi connectivity index (χ4v) is 4.20. The molecule has 110 valence electrons. The molecule has 3 rings (SSSR count). The fraction of sp³-hybridized carbons (Fsp3) is 0.647. The molecule has 1 N–H and O–H groups in total. The lowest BCUT2D eigenvalue weighted by atomic mass is 9.91. The summed E-state index contributed by atoms with van der Waals surface area (Å²) >= 11 is 2.02. The number of ether oxygens (including phenoxy) is 1. The van der Waals surface area contributed by atoms with Gasteiger partial charge in [0.25, 0.3) is 0 Å². The Labute approximate surface area is 126 Å². The maximum absolute atomic E-state index is 6.15. The molecular weight excluding hydrogens is 266 g/mol. The highest BCUT2D eigenvalue weighted by atomic mass is 32.2. The summed E-state index contributed by atoms with van der Waals surface area (Å²) in [5, 5.41) is 3.44. The van der Waals surface area contributed by atoms with Crippen molar-refractivity contribution < 1.29 is 4.74 Å². The van der Waals surface area contributed by atoms with Crippen molar-refractivity contribution in [3.8, 4) is 5.75 Å². The first-order chi connectivity index (χ1) is 9.90. The molecule has 1 aromatic rings. The highest BCUT2D eigenvalue weighted by Gasteiger charge is 2.16. The second kappa shape index (κ2) is 7.37. The van der Waals surface area contributed by atoms with E-state index in [4.69, 9.17) is 4.74 Å². The van der Waals surface area contributed by atoms with Crippen LogP contribution in [0.5, 0.6) is 5.75 Å². The molecule has 0 bridgehead atoms. The third kappa shape index (κ3) is 4.16. The summed E-state index contributed by atoms with van der Waals surface area (Å²) in [4.78, 5) is 0. The number of rotatable bonds is 4. The lowest BCUT2D eigenvalue weighted by molar-refractivity contribution is 0.211. The topological polar surface area (TPSA) is 21.3 Å². The molecule has 2 fully saturated rings. The first-order valence-corrected chi connectivity index (χ1v) is 9.10. The van der Waals surface area contributed by atoms with E-state index in [9.17, 15) is 0 Å². The molecule has 3 heteroatoms. The molecule has 1 unspecified atom stereocenters. The molecule has 0 spiro atoms. The zero-order valence-corrected chi connectivity index (χ0v) is 13.0. The van der Waals surface area contributed by atoms with Crippen LogP contribution in [0.4, 0.5) is 0 Å². The van der Waals surface area contributed by atoms with Crippen molar-refractivity contribution in [2.24, 2.45) is 5.92 Å². The van der Waals surface area contributed by atoms with E-state index in [-0.39, 0.29) is 0 Å². The normalized spacial score (nSPS) is 24.5. The Morgan fingerprint density at radius 2 is 2.10 bits per heavy atom. The van der Waals surface area contributed by atoms with E-state index in [1.165, 1.54) is 56.5 Å². The van der Waals surface area contributed by atoms with Crippen LogP contribution in [0.1, 0.15) is 31.2 Å². The van der Waals surface area contributed by atoms with Crippen LogP contribution in [0, 0.1) is 5.92 Å². The van der Waals surface area contributed by atoms with E-state index in [2.05, 4.69) is 29.6 Å². The Hall–Kier alpha value is -0.670. The van der Waals surface area contributed by atoms with Crippen LogP contribution in [0.25, 0.3) is 0 Å². The van der Waals surface area contributed by atoms with Crippen LogP contribution in [-0.4, -0.2) is 30.7 Å². The Balaban J connectivity index is 1.57. The molecule has 0 aromatic heterocycles. The summed E-state index contributed by atoms with van der Waals surface area (Å²) in [5.41, 5.74) is 1.44. The van der Waals surface area contributed by atoms with E-state index in [0.717, 1.165) is 17.4 Å². The largest absolute Gasteiger partial charge is 0.490 e. The second-order valence-corrected chi connectivity index (χ2v) is 7.15. The Bertz CT molecular complexity index is 376. The van der Waals surface area contributed by atoms with Gasteiger partial charge in [0.2, 0.25) is 0 Å². The second-order valence-electron chi connectivity index (χ2n) is 6.00. The zero-order chi connectivity index (χ0) is 13.6. The van der Waals surface area contributed by atoms with Crippen LogP contribution in [0.3, 0.4) is 0 Å². The molecular formula is C17H25NOS. The highest BCUT2D eigenvalue weighted by molar-refractivity contribution is 7.99. The molecule has 1 atom stereocenters.